The van der Waals surface area contributed by atoms with Crippen LogP contribution in [0.3, 0.4) is 0 Å². The van der Waals surface area contributed by atoms with E-state index in [9.17, 15) is 0 Å². The van der Waals surface area contributed by atoms with Crippen LogP contribution in [0.4, 0.5) is 0 Å². The first kappa shape index (κ1) is 14.4. The van der Waals surface area contributed by atoms with Crippen molar-refractivity contribution in [1.82, 2.24) is 0 Å². The Hall–Kier alpha value is -1.51. The van der Waals surface area contributed by atoms with E-state index in [0.29, 0.717) is 0 Å². The van der Waals surface area contributed by atoms with Gasteiger partial charge in [-0.1, -0.05) is 36.4 Å². The maximum Gasteiger partial charge on any atom is 0.0345 e. The fourth-order valence-corrected chi connectivity index (χ4v) is 3.82. The van der Waals surface area contributed by atoms with Gasteiger partial charge in [0, 0.05) is 21.1 Å². The Morgan fingerprint density at radius 3 is 2.38 bits per heavy atom. The summed E-state index contributed by atoms with van der Waals surface area (Å²) in [4.78, 5) is 4.09. The summed E-state index contributed by atoms with van der Waals surface area (Å²) in [6.45, 7) is 2.19. The summed E-state index contributed by atoms with van der Waals surface area (Å²) in [6, 6.07) is 22.0. The minimum absolute atomic E-state index is 1.03. The Bertz CT molecular complexity index is 723. The van der Waals surface area contributed by atoms with Gasteiger partial charge in [0.1, 0.15) is 0 Å². The Kier molecular flexibility index (Phi) is 4.47. The molecule has 0 unspecified atom stereocenters. The standard InChI is InChI=1S/C19H18S2/c1-14-5-3-4-6-16(14)13-18-11-12-19(21-18)15-7-9-17(20-2)10-8-15/h3-12H,13H2,1-2H3. The SMILES string of the molecule is CSc1ccc(-c2ccc(Cc3ccccc3C)s2)cc1. The van der Waals surface area contributed by atoms with Gasteiger partial charge in [0.2, 0.25) is 0 Å². The summed E-state index contributed by atoms with van der Waals surface area (Å²) >= 11 is 3.68. The molecule has 0 atom stereocenters. The number of hydrogen-bond acceptors (Lipinski definition) is 2. The summed E-state index contributed by atoms with van der Waals surface area (Å²) < 4.78 is 0. The molecule has 0 saturated carbocycles. The van der Waals surface area contributed by atoms with Crippen molar-refractivity contribution >= 4 is 23.1 Å². The van der Waals surface area contributed by atoms with Gasteiger partial charge in [-0.25, -0.2) is 0 Å². The summed E-state index contributed by atoms with van der Waals surface area (Å²) in [5, 5.41) is 0. The first-order valence-corrected chi connectivity index (χ1v) is 9.08. The summed E-state index contributed by atoms with van der Waals surface area (Å²) in [6.07, 6.45) is 3.14. The highest BCUT2D eigenvalue weighted by Crippen LogP contribution is 2.31. The van der Waals surface area contributed by atoms with Crippen LogP contribution < -0.4 is 0 Å². The van der Waals surface area contributed by atoms with Crippen molar-refractivity contribution in [2.75, 3.05) is 6.26 Å². The van der Waals surface area contributed by atoms with Crippen molar-refractivity contribution in [2.45, 2.75) is 18.2 Å². The normalized spacial score (nSPS) is 10.8. The smallest absolute Gasteiger partial charge is 0.0345 e. The predicted molar refractivity (Wildman–Crippen MR) is 95.5 cm³/mol. The molecular weight excluding hydrogens is 292 g/mol. The zero-order valence-corrected chi connectivity index (χ0v) is 13.9. The number of thioether (sulfide) groups is 1. The van der Waals surface area contributed by atoms with Crippen LogP contribution in [0.1, 0.15) is 16.0 Å². The van der Waals surface area contributed by atoms with Crippen molar-refractivity contribution in [3.05, 3.63) is 76.7 Å². The Morgan fingerprint density at radius 1 is 0.905 bits per heavy atom. The molecule has 0 aliphatic rings. The lowest BCUT2D eigenvalue weighted by Crippen LogP contribution is -1.87. The molecule has 0 fully saturated rings. The van der Waals surface area contributed by atoms with Gasteiger partial charge in [-0.2, -0.15) is 0 Å². The van der Waals surface area contributed by atoms with E-state index in [2.05, 4.69) is 73.8 Å². The van der Waals surface area contributed by atoms with Crippen LogP contribution in [-0.2, 0) is 6.42 Å². The fraction of sp³-hybridized carbons (Fsp3) is 0.158. The molecule has 21 heavy (non-hydrogen) atoms. The van der Waals surface area contributed by atoms with Crippen molar-refractivity contribution in [3.63, 3.8) is 0 Å². The van der Waals surface area contributed by atoms with Crippen LogP contribution >= 0.6 is 23.1 Å². The van der Waals surface area contributed by atoms with Crippen molar-refractivity contribution < 1.29 is 0 Å². The second-order valence-corrected chi connectivity index (χ2v) is 7.15. The molecule has 0 N–H and O–H groups in total. The van der Waals surface area contributed by atoms with Crippen LogP contribution in [0.5, 0.6) is 0 Å². The highest BCUT2D eigenvalue weighted by atomic mass is 32.2. The van der Waals surface area contributed by atoms with Crippen molar-refractivity contribution in [1.29, 1.82) is 0 Å². The lowest BCUT2D eigenvalue weighted by molar-refractivity contribution is 1.19. The van der Waals surface area contributed by atoms with Gasteiger partial charge in [0.15, 0.2) is 0 Å². The van der Waals surface area contributed by atoms with Crippen LogP contribution in [0, 0.1) is 6.92 Å². The monoisotopic (exact) mass is 310 g/mol. The third-order valence-electron chi connectivity index (χ3n) is 3.66. The van der Waals surface area contributed by atoms with Gasteiger partial charge >= 0.3 is 0 Å². The molecule has 0 nitrogen and oxygen atoms in total. The molecule has 0 bridgehead atoms. The van der Waals surface area contributed by atoms with Crippen molar-refractivity contribution in [3.8, 4) is 10.4 Å². The third-order valence-corrected chi connectivity index (χ3v) is 5.54. The maximum atomic E-state index is 2.26. The molecule has 0 spiro atoms. The predicted octanol–water partition coefficient (Wildman–Crippen LogP) is 6.04. The van der Waals surface area contributed by atoms with E-state index < -0.39 is 0 Å². The number of benzene rings is 2. The van der Waals surface area contributed by atoms with Gasteiger partial charge < -0.3 is 0 Å². The van der Waals surface area contributed by atoms with Gasteiger partial charge in [-0.15, -0.1) is 23.1 Å². The first-order chi connectivity index (χ1) is 10.3. The molecule has 1 heterocycles. The van der Waals surface area contributed by atoms with Gasteiger partial charge in [0.25, 0.3) is 0 Å². The van der Waals surface area contributed by atoms with Crippen LogP contribution in [0.2, 0.25) is 0 Å². The highest BCUT2D eigenvalue weighted by molar-refractivity contribution is 7.98. The fourth-order valence-electron chi connectivity index (χ4n) is 2.38. The van der Waals surface area contributed by atoms with Crippen molar-refractivity contribution in [2.24, 2.45) is 0 Å². The number of aryl methyl sites for hydroxylation is 1. The minimum atomic E-state index is 1.03. The topological polar surface area (TPSA) is 0 Å². The van der Waals surface area contributed by atoms with Gasteiger partial charge in [-0.3, -0.25) is 0 Å². The Balaban J connectivity index is 1.81. The van der Waals surface area contributed by atoms with Crippen LogP contribution in [-0.4, -0.2) is 6.26 Å². The second-order valence-electron chi connectivity index (χ2n) is 5.10. The van der Waals surface area contributed by atoms with E-state index >= 15 is 0 Å². The zero-order valence-electron chi connectivity index (χ0n) is 12.3. The largest absolute Gasteiger partial charge is 0.140 e. The lowest BCUT2D eigenvalue weighted by atomic mass is 10.1. The number of thiophene rings is 1. The molecule has 0 saturated heterocycles. The summed E-state index contributed by atoms with van der Waals surface area (Å²) in [7, 11) is 0. The lowest BCUT2D eigenvalue weighted by Gasteiger charge is -2.03. The second kappa shape index (κ2) is 6.50. The highest BCUT2D eigenvalue weighted by Gasteiger charge is 2.05. The quantitative estimate of drug-likeness (QED) is 0.530. The minimum Gasteiger partial charge on any atom is -0.140 e. The zero-order chi connectivity index (χ0) is 14.7. The molecule has 3 rings (SSSR count). The summed E-state index contributed by atoms with van der Waals surface area (Å²) in [5.74, 6) is 0. The Labute approximate surface area is 134 Å². The summed E-state index contributed by atoms with van der Waals surface area (Å²) in [5.41, 5.74) is 4.11. The van der Waals surface area contributed by atoms with Crippen LogP contribution in [0.15, 0.2) is 65.6 Å². The average Bonchev–Trinajstić information content (AvgIpc) is 2.98. The molecular formula is C19H18S2. The Morgan fingerprint density at radius 2 is 1.67 bits per heavy atom. The molecule has 1 aromatic heterocycles. The van der Waals surface area contributed by atoms with E-state index in [-0.39, 0.29) is 0 Å². The van der Waals surface area contributed by atoms with Gasteiger partial charge in [0.05, 0.1) is 0 Å². The average molecular weight is 310 g/mol. The van der Waals surface area contributed by atoms with E-state index in [1.165, 1.54) is 31.3 Å². The third kappa shape index (κ3) is 3.39. The van der Waals surface area contributed by atoms with E-state index in [0.717, 1.165) is 6.42 Å². The van der Waals surface area contributed by atoms with E-state index in [4.69, 9.17) is 0 Å². The molecule has 0 aliphatic carbocycles. The molecule has 106 valence electrons. The van der Waals surface area contributed by atoms with E-state index in [1.807, 2.05) is 11.3 Å². The number of hydrogen-bond donors (Lipinski definition) is 0. The molecule has 0 radical (unpaired) electrons. The maximum absolute atomic E-state index is 2.26. The number of rotatable bonds is 4. The molecule has 0 aliphatic heterocycles. The van der Waals surface area contributed by atoms with Crippen LogP contribution in [0.25, 0.3) is 10.4 Å². The first-order valence-electron chi connectivity index (χ1n) is 7.04. The molecule has 3 aromatic rings. The molecule has 2 aromatic carbocycles. The molecule has 2 heteroatoms. The van der Waals surface area contributed by atoms with Gasteiger partial charge in [-0.05, 0) is 54.1 Å². The van der Waals surface area contributed by atoms with E-state index in [1.54, 1.807) is 11.8 Å². The molecule has 0 amide bonds.